The first-order valence-corrected chi connectivity index (χ1v) is 6.06. The van der Waals surface area contributed by atoms with Gasteiger partial charge in [0, 0.05) is 11.4 Å². The first-order valence-electron chi connectivity index (χ1n) is 5.25. The number of carbonyl (C=O) groups is 1. The van der Waals surface area contributed by atoms with E-state index >= 15 is 0 Å². The van der Waals surface area contributed by atoms with E-state index in [1.165, 1.54) is 11.9 Å². The van der Waals surface area contributed by atoms with Crippen LogP contribution in [0.3, 0.4) is 0 Å². The number of hydrogen-bond donors (Lipinski definition) is 2. The molecular weight excluding hydrogens is 224 g/mol. The van der Waals surface area contributed by atoms with Gasteiger partial charge in [0.05, 0.1) is 5.69 Å². The summed E-state index contributed by atoms with van der Waals surface area (Å²) in [5.41, 5.74) is 1.00. The Morgan fingerprint density at radius 1 is 1.56 bits per heavy atom. The van der Waals surface area contributed by atoms with Crippen molar-refractivity contribution in [3.63, 3.8) is 0 Å². The highest BCUT2D eigenvalue weighted by molar-refractivity contribution is 7.97. The van der Waals surface area contributed by atoms with Gasteiger partial charge in [0.15, 0.2) is 6.17 Å². The molecule has 1 unspecified atom stereocenters. The van der Waals surface area contributed by atoms with Crippen LogP contribution < -0.4 is 9.62 Å². The Balaban J connectivity index is 2.35. The Kier molecular flexibility index (Phi) is 3.36. The molecule has 0 amide bonds. The van der Waals surface area contributed by atoms with Crippen molar-refractivity contribution in [3.8, 4) is 0 Å². The molecule has 1 aromatic carbocycles. The molecule has 0 aliphatic carbocycles. The molecule has 0 spiro atoms. The van der Waals surface area contributed by atoms with Crippen molar-refractivity contribution >= 4 is 23.6 Å². The van der Waals surface area contributed by atoms with Crippen LogP contribution in [0, 0.1) is 0 Å². The van der Waals surface area contributed by atoms with Gasteiger partial charge in [-0.2, -0.15) is 0 Å². The van der Waals surface area contributed by atoms with Gasteiger partial charge < -0.3 is 10.0 Å². The molecule has 0 saturated heterocycles. The van der Waals surface area contributed by atoms with Crippen LogP contribution >= 0.6 is 11.9 Å². The van der Waals surface area contributed by atoms with Gasteiger partial charge in [0.1, 0.15) is 0 Å². The van der Waals surface area contributed by atoms with Crippen LogP contribution in [0.5, 0.6) is 0 Å². The summed E-state index contributed by atoms with van der Waals surface area (Å²) in [6.45, 7) is 2.78. The molecule has 0 saturated carbocycles. The maximum Gasteiger partial charge on any atom is 0.342 e. The predicted molar refractivity (Wildman–Crippen MR) is 64.5 cm³/mol. The number of anilines is 1. The number of hydrogen-bond acceptors (Lipinski definition) is 4. The molecule has 86 valence electrons. The van der Waals surface area contributed by atoms with Gasteiger partial charge in [0.2, 0.25) is 0 Å². The summed E-state index contributed by atoms with van der Waals surface area (Å²) in [5.74, 6) is -0.838. The molecule has 1 heterocycles. The van der Waals surface area contributed by atoms with Crippen LogP contribution in [0.1, 0.15) is 13.3 Å². The third kappa shape index (κ3) is 2.01. The molecule has 0 radical (unpaired) electrons. The molecule has 1 atom stereocenters. The summed E-state index contributed by atoms with van der Waals surface area (Å²) in [7, 11) is 0. The Morgan fingerprint density at radius 3 is 3.00 bits per heavy atom. The van der Waals surface area contributed by atoms with Crippen LogP contribution in [-0.2, 0) is 4.79 Å². The van der Waals surface area contributed by atoms with E-state index in [0.29, 0.717) is 0 Å². The summed E-state index contributed by atoms with van der Waals surface area (Å²) in [5, 5.41) is 9.14. The minimum absolute atomic E-state index is 0.639. The molecule has 0 bridgehead atoms. The normalized spacial score (nSPS) is 19.3. The summed E-state index contributed by atoms with van der Waals surface area (Å²) in [6, 6.07) is 7.85. The van der Waals surface area contributed by atoms with Crippen LogP contribution in [0.15, 0.2) is 29.2 Å². The average Bonchev–Trinajstić information content (AvgIpc) is 2.29. The first kappa shape index (κ1) is 11.3. The number of nitrogens with one attached hydrogen (secondary N) is 1. The molecule has 1 aliphatic rings. The van der Waals surface area contributed by atoms with E-state index in [1.54, 1.807) is 0 Å². The van der Waals surface area contributed by atoms with Crippen molar-refractivity contribution in [1.82, 2.24) is 4.72 Å². The van der Waals surface area contributed by atoms with Gasteiger partial charge in [-0.05, 0) is 30.5 Å². The smallest absolute Gasteiger partial charge is 0.342 e. The molecule has 0 fully saturated rings. The fraction of sp³-hybridized carbons (Fsp3) is 0.364. The Labute approximate surface area is 98.8 Å². The molecule has 1 aromatic rings. The van der Waals surface area contributed by atoms with E-state index in [0.717, 1.165) is 23.5 Å². The third-order valence-corrected chi connectivity index (χ3v) is 3.37. The van der Waals surface area contributed by atoms with Gasteiger partial charge in [-0.15, -0.1) is 0 Å². The number of nitrogens with zero attached hydrogens (tertiary/aromatic N) is 1. The first-order chi connectivity index (χ1) is 7.74. The summed E-state index contributed by atoms with van der Waals surface area (Å²) in [4.78, 5) is 14.1. The van der Waals surface area contributed by atoms with E-state index in [4.69, 9.17) is 5.11 Å². The molecule has 4 nitrogen and oxygen atoms in total. The monoisotopic (exact) mass is 238 g/mol. The molecule has 1 aliphatic heterocycles. The molecular formula is C11H14N2O2S. The fourth-order valence-corrected chi connectivity index (χ4v) is 2.68. The average molecular weight is 238 g/mol. The lowest BCUT2D eigenvalue weighted by molar-refractivity contribution is -0.138. The zero-order valence-corrected chi connectivity index (χ0v) is 9.83. The minimum atomic E-state index is -0.838. The van der Waals surface area contributed by atoms with Gasteiger partial charge >= 0.3 is 5.97 Å². The van der Waals surface area contributed by atoms with Crippen molar-refractivity contribution in [2.75, 3.05) is 11.4 Å². The third-order valence-electron chi connectivity index (χ3n) is 2.47. The number of aliphatic carboxylic acids is 1. The zero-order valence-electron chi connectivity index (χ0n) is 9.01. The summed E-state index contributed by atoms with van der Waals surface area (Å²) >= 11 is 1.38. The highest BCUT2D eigenvalue weighted by Gasteiger charge is 2.30. The predicted octanol–water partition coefficient (Wildman–Crippen LogP) is 1.92. The van der Waals surface area contributed by atoms with Crippen molar-refractivity contribution in [2.45, 2.75) is 24.4 Å². The second kappa shape index (κ2) is 4.76. The summed E-state index contributed by atoms with van der Waals surface area (Å²) < 4.78 is 2.95. The van der Waals surface area contributed by atoms with Gasteiger partial charge in [-0.25, -0.2) is 9.52 Å². The van der Waals surface area contributed by atoms with Gasteiger partial charge in [0.25, 0.3) is 0 Å². The van der Waals surface area contributed by atoms with E-state index in [-0.39, 0.29) is 0 Å². The second-order valence-electron chi connectivity index (χ2n) is 3.62. The SMILES string of the molecule is CCCN1c2ccccc2SNC1C(=O)O. The largest absolute Gasteiger partial charge is 0.479 e. The van der Waals surface area contributed by atoms with Crippen LogP contribution in [0.4, 0.5) is 5.69 Å². The fourth-order valence-electron chi connectivity index (χ4n) is 1.78. The number of fused-ring (bicyclic) bond motifs is 1. The van der Waals surface area contributed by atoms with Crippen molar-refractivity contribution < 1.29 is 9.90 Å². The molecule has 5 heteroatoms. The number of rotatable bonds is 3. The van der Waals surface area contributed by atoms with Crippen molar-refractivity contribution in [1.29, 1.82) is 0 Å². The highest BCUT2D eigenvalue weighted by Crippen LogP contribution is 2.34. The Morgan fingerprint density at radius 2 is 2.31 bits per heavy atom. The van der Waals surface area contributed by atoms with Crippen LogP contribution in [0.25, 0.3) is 0 Å². The van der Waals surface area contributed by atoms with E-state index in [9.17, 15) is 4.79 Å². The maximum atomic E-state index is 11.1. The highest BCUT2D eigenvalue weighted by atomic mass is 32.2. The van der Waals surface area contributed by atoms with E-state index in [2.05, 4.69) is 4.72 Å². The number of carboxylic acids is 1. The Hall–Kier alpha value is -1.20. The van der Waals surface area contributed by atoms with E-state index in [1.807, 2.05) is 36.1 Å². The van der Waals surface area contributed by atoms with Crippen molar-refractivity contribution in [2.24, 2.45) is 0 Å². The standard InChI is InChI=1S/C11H14N2O2S/c1-2-7-13-8-5-3-4-6-9(8)16-12-10(13)11(14)15/h3-6,10,12H,2,7H2,1H3,(H,14,15). The number of carboxylic acid groups (broad SMARTS) is 1. The lowest BCUT2D eigenvalue weighted by Gasteiger charge is -2.36. The quantitative estimate of drug-likeness (QED) is 0.788. The number of benzene rings is 1. The Bertz CT molecular complexity index is 397. The van der Waals surface area contributed by atoms with Gasteiger partial charge in [-0.1, -0.05) is 19.1 Å². The lowest BCUT2D eigenvalue weighted by Crippen LogP contribution is -2.51. The second-order valence-corrected chi connectivity index (χ2v) is 4.50. The lowest BCUT2D eigenvalue weighted by atomic mass is 10.2. The topological polar surface area (TPSA) is 52.6 Å². The molecule has 0 aromatic heterocycles. The van der Waals surface area contributed by atoms with Gasteiger partial charge in [-0.3, -0.25) is 0 Å². The molecule has 2 N–H and O–H groups in total. The molecule has 16 heavy (non-hydrogen) atoms. The number of para-hydroxylation sites is 1. The maximum absolute atomic E-state index is 11.1. The van der Waals surface area contributed by atoms with Crippen LogP contribution in [0.2, 0.25) is 0 Å². The van der Waals surface area contributed by atoms with Crippen molar-refractivity contribution in [3.05, 3.63) is 24.3 Å². The van der Waals surface area contributed by atoms with Crippen LogP contribution in [-0.4, -0.2) is 23.8 Å². The summed E-state index contributed by atoms with van der Waals surface area (Å²) in [6.07, 6.45) is 0.282. The zero-order chi connectivity index (χ0) is 11.5. The molecule has 2 rings (SSSR count). The van der Waals surface area contributed by atoms with E-state index < -0.39 is 12.1 Å². The minimum Gasteiger partial charge on any atom is -0.479 e.